The molecule has 14 heavy (non-hydrogen) atoms. The van der Waals surface area contributed by atoms with Gasteiger partial charge < -0.3 is 0 Å². The van der Waals surface area contributed by atoms with E-state index in [1.54, 1.807) is 18.2 Å². The molecule has 0 saturated carbocycles. The lowest BCUT2D eigenvalue weighted by Gasteiger charge is -2.12. The predicted molar refractivity (Wildman–Crippen MR) is 45.6 cm³/mol. The van der Waals surface area contributed by atoms with Crippen LogP contribution < -0.4 is 0 Å². The molecule has 2 aliphatic rings. The van der Waals surface area contributed by atoms with Crippen LogP contribution in [0.3, 0.4) is 0 Å². The molecule has 74 valence electrons. The summed E-state index contributed by atoms with van der Waals surface area (Å²) in [5.74, 6) is 0. The summed E-state index contributed by atoms with van der Waals surface area (Å²) in [4.78, 5) is 0. The molecule has 0 radical (unpaired) electrons. The van der Waals surface area contributed by atoms with Gasteiger partial charge in [-0.1, -0.05) is 18.7 Å². The van der Waals surface area contributed by atoms with Gasteiger partial charge in [0, 0.05) is 0 Å². The Morgan fingerprint density at radius 2 is 2.14 bits per heavy atom. The summed E-state index contributed by atoms with van der Waals surface area (Å²) in [6, 6.07) is 0. The topological polar surface area (TPSA) is 18.5 Å². The Balaban J connectivity index is 2.21. The normalized spacial score (nSPS) is 33.1. The summed E-state index contributed by atoms with van der Waals surface area (Å²) in [5, 5.41) is 0. The SMILES string of the molecule is C=C=CC1=CC2OC(F)(F)OC2C=C1. The standard InChI is InChI=1S/C10H8F2O2/c1-2-3-7-4-5-8-9(6-7)14-10(11,12)13-8/h3-6,8-9H,1H2. The average Bonchev–Trinajstić information content (AvgIpc) is 2.38. The van der Waals surface area contributed by atoms with Crippen molar-refractivity contribution in [1.29, 1.82) is 0 Å². The molecule has 0 aromatic heterocycles. The highest BCUT2D eigenvalue weighted by atomic mass is 19.3. The second-order valence-electron chi connectivity index (χ2n) is 3.00. The third kappa shape index (κ3) is 1.68. The lowest BCUT2D eigenvalue weighted by atomic mass is 10.0. The minimum Gasteiger partial charge on any atom is -0.285 e. The number of allylic oxidation sites excluding steroid dienone is 3. The van der Waals surface area contributed by atoms with Crippen LogP contribution in [0.5, 0.6) is 0 Å². The van der Waals surface area contributed by atoms with Crippen LogP contribution in [-0.2, 0) is 9.47 Å². The Morgan fingerprint density at radius 3 is 2.86 bits per heavy atom. The monoisotopic (exact) mass is 198 g/mol. The molecule has 1 heterocycles. The summed E-state index contributed by atoms with van der Waals surface area (Å²) in [5.41, 5.74) is 3.30. The summed E-state index contributed by atoms with van der Waals surface area (Å²) in [7, 11) is 0. The molecule has 0 aromatic carbocycles. The van der Waals surface area contributed by atoms with Gasteiger partial charge in [0.1, 0.15) is 12.2 Å². The molecule has 1 fully saturated rings. The number of rotatable bonds is 1. The summed E-state index contributed by atoms with van der Waals surface area (Å²) >= 11 is 0. The van der Waals surface area contributed by atoms with Gasteiger partial charge >= 0.3 is 6.29 Å². The molecule has 1 saturated heterocycles. The highest BCUT2D eigenvalue weighted by Gasteiger charge is 2.48. The largest absolute Gasteiger partial charge is 0.486 e. The number of fused-ring (bicyclic) bond motifs is 1. The minimum atomic E-state index is -3.48. The van der Waals surface area contributed by atoms with E-state index in [-0.39, 0.29) is 0 Å². The predicted octanol–water partition coefficient (Wildman–Crippen LogP) is 2.16. The summed E-state index contributed by atoms with van der Waals surface area (Å²) in [6.45, 7) is 3.39. The fourth-order valence-corrected chi connectivity index (χ4v) is 1.42. The number of hydrogen-bond acceptors (Lipinski definition) is 2. The van der Waals surface area contributed by atoms with Crippen LogP contribution in [0.25, 0.3) is 0 Å². The van der Waals surface area contributed by atoms with Crippen LogP contribution in [0.4, 0.5) is 8.78 Å². The van der Waals surface area contributed by atoms with Gasteiger partial charge in [0.2, 0.25) is 0 Å². The van der Waals surface area contributed by atoms with Crippen molar-refractivity contribution in [2.24, 2.45) is 0 Å². The molecule has 0 aromatic rings. The van der Waals surface area contributed by atoms with E-state index < -0.39 is 18.5 Å². The van der Waals surface area contributed by atoms with E-state index in [9.17, 15) is 8.78 Å². The Labute approximate surface area is 79.8 Å². The van der Waals surface area contributed by atoms with Crippen molar-refractivity contribution in [1.82, 2.24) is 0 Å². The number of hydrogen-bond donors (Lipinski definition) is 0. The van der Waals surface area contributed by atoms with Crippen molar-refractivity contribution in [3.63, 3.8) is 0 Å². The van der Waals surface area contributed by atoms with Crippen molar-refractivity contribution in [2.45, 2.75) is 18.5 Å². The molecule has 4 heteroatoms. The van der Waals surface area contributed by atoms with Gasteiger partial charge in [-0.05, 0) is 17.7 Å². The Hall–Kier alpha value is -1.22. The molecule has 1 aliphatic heterocycles. The van der Waals surface area contributed by atoms with E-state index in [0.29, 0.717) is 0 Å². The molecule has 0 spiro atoms. The van der Waals surface area contributed by atoms with Crippen LogP contribution in [0.1, 0.15) is 0 Å². The number of alkyl halides is 2. The Kier molecular flexibility index (Phi) is 2.11. The summed E-state index contributed by atoms with van der Waals surface area (Å²) < 4.78 is 33.9. The zero-order chi connectivity index (χ0) is 10.2. The van der Waals surface area contributed by atoms with E-state index in [2.05, 4.69) is 21.8 Å². The van der Waals surface area contributed by atoms with Crippen LogP contribution in [0.2, 0.25) is 0 Å². The van der Waals surface area contributed by atoms with E-state index in [0.717, 1.165) is 5.57 Å². The fourth-order valence-electron chi connectivity index (χ4n) is 1.42. The first kappa shape index (κ1) is 9.34. The highest BCUT2D eigenvalue weighted by Crippen LogP contribution is 2.35. The van der Waals surface area contributed by atoms with E-state index in [1.165, 1.54) is 6.08 Å². The average molecular weight is 198 g/mol. The van der Waals surface area contributed by atoms with Crippen LogP contribution in [0, 0.1) is 0 Å². The second-order valence-corrected chi connectivity index (χ2v) is 3.00. The lowest BCUT2D eigenvalue weighted by Crippen LogP contribution is -2.20. The van der Waals surface area contributed by atoms with Crippen LogP contribution in [0.15, 0.2) is 42.2 Å². The molecule has 0 bridgehead atoms. The van der Waals surface area contributed by atoms with E-state index in [1.807, 2.05) is 0 Å². The van der Waals surface area contributed by atoms with Gasteiger partial charge in [-0.25, -0.2) is 0 Å². The number of ether oxygens (including phenoxy) is 2. The van der Waals surface area contributed by atoms with Crippen molar-refractivity contribution < 1.29 is 18.3 Å². The maximum absolute atomic E-state index is 12.6. The van der Waals surface area contributed by atoms with Gasteiger partial charge in [-0.2, -0.15) is 0 Å². The Morgan fingerprint density at radius 1 is 1.43 bits per heavy atom. The van der Waals surface area contributed by atoms with Crippen molar-refractivity contribution in [2.75, 3.05) is 0 Å². The van der Waals surface area contributed by atoms with Crippen molar-refractivity contribution in [3.8, 4) is 0 Å². The fraction of sp³-hybridized carbons (Fsp3) is 0.300. The molecule has 0 N–H and O–H groups in total. The molecular weight excluding hydrogens is 190 g/mol. The van der Waals surface area contributed by atoms with Gasteiger partial charge in [0.15, 0.2) is 0 Å². The first-order valence-corrected chi connectivity index (χ1v) is 4.10. The van der Waals surface area contributed by atoms with E-state index >= 15 is 0 Å². The van der Waals surface area contributed by atoms with Crippen molar-refractivity contribution in [3.05, 3.63) is 42.2 Å². The highest BCUT2D eigenvalue weighted by molar-refractivity contribution is 5.36. The molecule has 2 atom stereocenters. The zero-order valence-electron chi connectivity index (χ0n) is 7.24. The van der Waals surface area contributed by atoms with Gasteiger partial charge in [0.25, 0.3) is 0 Å². The molecular formula is C10H8F2O2. The first-order chi connectivity index (χ1) is 6.61. The Bertz CT molecular complexity index is 351. The van der Waals surface area contributed by atoms with Crippen LogP contribution in [-0.4, -0.2) is 18.5 Å². The van der Waals surface area contributed by atoms with Gasteiger partial charge in [-0.15, -0.1) is 14.5 Å². The van der Waals surface area contributed by atoms with Gasteiger partial charge in [0.05, 0.1) is 0 Å². The van der Waals surface area contributed by atoms with Crippen molar-refractivity contribution >= 4 is 0 Å². The zero-order valence-corrected chi connectivity index (χ0v) is 7.24. The molecule has 0 amide bonds. The third-order valence-electron chi connectivity index (χ3n) is 1.97. The molecule has 1 aliphatic carbocycles. The second kappa shape index (κ2) is 3.17. The maximum atomic E-state index is 12.6. The van der Waals surface area contributed by atoms with Crippen LogP contribution >= 0.6 is 0 Å². The molecule has 2 rings (SSSR count). The molecule has 2 nitrogen and oxygen atoms in total. The lowest BCUT2D eigenvalue weighted by molar-refractivity contribution is -0.347. The van der Waals surface area contributed by atoms with Gasteiger partial charge in [-0.3, -0.25) is 9.47 Å². The third-order valence-corrected chi connectivity index (χ3v) is 1.97. The van der Waals surface area contributed by atoms with E-state index in [4.69, 9.17) is 0 Å². The number of halogens is 2. The summed E-state index contributed by atoms with van der Waals surface area (Å²) in [6.07, 6.45) is 1.44. The smallest absolute Gasteiger partial charge is 0.285 e. The first-order valence-electron chi connectivity index (χ1n) is 4.10. The quantitative estimate of drug-likeness (QED) is 0.601. The molecule has 2 unspecified atom stereocenters. The maximum Gasteiger partial charge on any atom is 0.486 e. The minimum absolute atomic E-state index is 0.702.